The van der Waals surface area contributed by atoms with E-state index in [4.69, 9.17) is 11.6 Å². The van der Waals surface area contributed by atoms with E-state index >= 15 is 0 Å². The zero-order chi connectivity index (χ0) is 14.8. The first kappa shape index (κ1) is 14.5. The highest BCUT2D eigenvalue weighted by Crippen LogP contribution is 2.29. The summed E-state index contributed by atoms with van der Waals surface area (Å²) in [5, 5.41) is -0.450. The standard InChI is InChI=1S/C13H8ClF3N2O/c14-12-9(3-4-11(19-12)13(15,16)17)10(20)6-8-2-1-5-18-7-8/h1-5,7H,6H2. The van der Waals surface area contributed by atoms with Crippen LogP contribution in [0.15, 0.2) is 36.7 Å². The Bertz CT molecular complexity index is 629. The summed E-state index contributed by atoms with van der Waals surface area (Å²) in [5.74, 6) is -0.413. The monoisotopic (exact) mass is 300 g/mol. The van der Waals surface area contributed by atoms with Crippen LogP contribution >= 0.6 is 11.6 Å². The van der Waals surface area contributed by atoms with E-state index in [0.717, 1.165) is 12.1 Å². The lowest BCUT2D eigenvalue weighted by Crippen LogP contribution is -2.11. The number of rotatable bonds is 3. The van der Waals surface area contributed by atoms with Crippen LogP contribution in [0, 0.1) is 0 Å². The molecule has 0 atom stereocenters. The number of Topliss-reactive ketones (excluding diaryl/α,β-unsaturated/α-hetero) is 1. The minimum atomic E-state index is -4.59. The highest BCUT2D eigenvalue weighted by molar-refractivity contribution is 6.32. The summed E-state index contributed by atoms with van der Waals surface area (Å²) >= 11 is 5.65. The molecule has 0 amide bonds. The van der Waals surface area contributed by atoms with Gasteiger partial charge in [-0.05, 0) is 23.8 Å². The van der Waals surface area contributed by atoms with E-state index in [1.54, 1.807) is 18.3 Å². The minimum Gasteiger partial charge on any atom is -0.294 e. The van der Waals surface area contributed by atoms with Crippen LogP contribution in [0.2, 0.25) is 5.15 Å². The van der Waals surface area contributed by atoms with Gasteiger partial charge in [-0.15, -0.1) is 0 Å². The van der Waals surface area contributed by atoms with E-state index in [1.807, 2.05) is 0 Å². The lowest BCUT2D eigenvalue weighted by atomic mass is 10.1. The molecular formula is C13H8ClF3N2O. The van der Waals surface area contributed by atoms with Crippen LogP contribution < -0.4 is 0 Å². The molecule has 104 valence electrons. The largest absolute Gasteiger partial charge is 0.433 e. The summed E-state index contributed by atoms with van der Waals surface area (Å²) < 4.78 is 37.3. The van der Waals surface area contributed by atoms with Gasteiger partial charge in [0.2, 0.25) is 0 Å². The van der Waals surface area contributed by atoms with Crippen LogP contribution in [-0.4, -0.2) is 15.8 Å². The number of carbonyl (C=O) groups is 1. The molecule has 0 spiro atoms. The van der Waals surface area contributed by atoms with Crippen molar-refractivity contribution in [3.63, 3.8) is 0 Å². The van der Waals surface area contributed by atoms with Crippen molar-refractivity contribution in [1.29, 1.82) is 0 Å². The maximum Gasteiger partial charge on any atom is 0.433 e. The maximum atomic E-state index is 12.4. The molecule has 2 heterocycles. The first-order chi connectivity index (χ1) is 9.38. The van der Waals surface area contributed by atoms with Crippen molar-refractivity contribution in [3.8, 4) is 0 Å². The number of carbonyl (C=O) groups excluding carboxylic acids is 1. The van der Waals surface area contributed by atoms with Crippen molar-refractivity contribution in [3.05, 3.63) is 58.6 Å². The first-order valence-electron chi connectivity index (χ1n) is 5.54. The summed E-state index contributed by atoms with van der Waals surface area (Å²) in [4.78, 5) is 19.0. The molecule has 0 unspecified atom stereocenters. The second kappa shape index (κ2) is 5.58. The lowest BCUT2D eigenvalue weighted by Gasteiger charge is -2.08. The van der Waals surface area contributed by atoms with Gasteiger partial charge >= 0.3 is 6.18 Å². The van der Waals surface area contributed by atoms with Crippen molar-refractivity contribution in [1.82, 2.24) is 9.97 Å². The molecule has 0 saturated carbocycles. The van der Waals surface area contributed by atoms with Crippen LogP contribution in [0.1, 0.15) is 21.6 Å². The van der Waals surface area contributed by atoms with Gasteiger partial charge in [0, 0.05) is 18.8 Å². The fourth-order valence-corrected chi connectivity index (χ4v) is 1.84. The fourth-order valence-electron chi connectivity index (χ4n) is 1.58. The molecule has 0 aliphatic heterocycles. The van der Waals surface area contributed by atoms with E-state index in [2.05, 4.69) is 9.97 Å². The Kier molecular flexibility index (Phi) is 4.04. The van der Waals surface area contributed by atoms with Crippen LogP contribution in [-0.2, 0) is 12.6 Å². The normalized spacial score (nSPS) is 11.4. The summed E-state index contributed by atoms with van der Waals surface area (Å²) in [6, 6.07) is 5.13. The average Bonchev–Trinajstić information content (AvgIpc) is 2.38. The molecule has 7 heteroatoms. The predicted molar refractivity (Wildman–Crippen MR) is 66.5 cm³/mol. The number of hydrogen-bond donors (Lipinski definition) is 0. The molecule has 2 rings (SSSR count). The van der Waals surface area contributed by atoms with E-state index < -0.39 is 22.8 Å². The zero-order valence-corrected chi connectivity index (χ0v) is 10.7. The van der Waals surface area contributed by atoms with Crippen LogP contribution in [0.4, 0.5) is 13.2 Å². The van der Waals surface area contributed by atoms with Crippen LogP contribution in [0.25, 0.3) is 0 Å². The number of hydrogen-bond acceptors (Lipinski definition) is 3. The molecule has 0 aliphatic carbocycles. The maximum absolute atomic E-state index is 12.4. The molecule has 0 bridgehead atoms. The zero-order valence-electron chi connectivity index (χ0n) is 9.99. The van der Waals surface area contributed by atoms with Gasteiger partial charge in [-0.25, -0.2) is 4.98 Å². The Labute approximate surface area is 117 Å². The van der Waals surface area contributed by atoms with Crippen LogP contribution in [0.3, 0.4) is 0 Å². The number of alkyl halides is 3. The van der Waals surface area contributed by atoms with Gasteiger partial charge in [0.15, 0.2) is 5.78 Å². The van der Waals surface area contributed by atoms with Crippen molar-refractivity contribution in [2.24, 2.45) is 0 Å². The second-order valence-electron chi connectivity index (χ2n) is 3.99. The molecule has 0 saturated heterocycles. The Morgan fingerprint density at radius 3 is 2.55 bits per heavy atom. The predicted octanol–water partition coefficient (Wildman–Crippen LogP) is 3.57. The summed E-state index contributed by atoms with van der Waals surface area (Å²) in [5.41, 5.74) is -0.516. The average molecular weight is 301 g/mol. The molecule has 0 aromatic carbocycles. The topological polar surface area (TPSA) is 42.9 Å². The Hall–Kier alpha value is -1.95. The van der Waals surface area contributed by atoms with Gasteiger partial charge in [0.25, 0.3) is 0 Å². The minimum absolute atomic E-state index is 0.000600. The van der Waals surface area contributed by atoms with E-state index in [-0.39, 0.29) is 12.0 Å². The highest BCUT2D eigenvalue weighted by Gasteiger charge is 2.33. The molecule has 20 heavy (non-hydrogen) atoms. The number of halogens is 4. The van der Waals surface area contributed by atoms with E-state index in [9.17, 15) is 18.0 Å². The molecule has 0 radical (unpaired) electrons. The summed E-state index contributed by atoms with van der Waals surface area (Å²) in [7, 11) is 0. The first-order valence-corrected chi connectivity index (χ1v) is 5.91. The quantitative estimate of drug-likeness (QED) is 0.643. The van der Waals surface area contributed by atoms with E-state index in [0.29, 0.717) is 5.56 Å². The third-order valence-electron chi connectivity index (χ3n) is 2.53. The molecule has 2 aromatic heterocycles. The third-order valence-corrected chi connectivity index (χ3v) is 2.82. The Morgan fingerprint density at radius 2 is 2.00 bits per heavy atom. The summed E-state index contributed by atoms with van der Waals surface area (Å²) in [6.45, 7) is 0. The molecule has 3 nitrogen and oxygen atoms in total. The Morgan fingerprint density at radius 1 is 1.25 bits per heavy atom. The van der Waals surface area contributed by atoms with E-state index in [1.165, 1.54) is 6.20 Å². The fraction of sp³-hybridized carbons (Fsp3) is 0.154. The summed E-state index contributed by atoms with van der Waals surface area (Å²) in [6.07, 6.45) is -1.53. The van der Waals surface area contributed by atoms with Gasteiger partial charge in [-0.3, -0.25) is 9.78 Å². The van der Waals surface area contributed by atoms with Crippen LogP contribution in [0.5, 0.6) is 0 Å². The second-order valence-corrected chi connectivity index (χ2v) is 4.35. The smallest absolute Gasteiger partial charge is 0.294 e. The molecule has 0 N–H and O–H groups in total. The molecule has 0 fully saturated rings. The van der Waals surface area contributed by atoms with Gasteiger partial charge in [0.1, 0.15) is 10.8 Å². The highest BCUT2D eigenvalue weighted by atomic mass is 35.5. The number of aromatic nitrogens is 2. The van der Waals surface area contributed by atoms with Gasteiger partial charge < -0.3 is 0 Å². The van der Waals surface area contributed by atoms with Crippen molar-refractivity contribution in [2.45, 2.75) is 12.6 Å². The third kappa shape index (κ3) is 3.33. The number of pyridine rings is 2. The number of ketones is 1. The molecular weight excluding hydrogens is 293 g/mol. The van der Waals surface area contributed by atoms with Crippen molar-refractivity contribution in [2.75, 3.05) is 0 Å². The molecule has 0 aliphatic rings. The van der Waals surface area contributed by atoms with Gasteiger partial charge in [-0.1, -0.05) is 17.7 Å². The number of nitrogens with zero attached hydrogens (tertiary/aromatic N) is 2. The Balaban J connectivity index is 2.23. The van der Waals surface area contributed by atoms with Gasteiger partial charge in [-0.2, -0.15) is 13.2 Å². The van der Waals surface area contributed by atoms with Crippen molar-refractivity contribution >= 4 is 17.4 Å². The van der Waals surface area contributed by atoms with Crippen molar-refractivity contribution < 1.29 is 18.0 Å². The molecule has 2 aromatic rings. The SMILES string of the molecule is O=C(Cc1cccnc1)c1ccc(C(F)(F)F)nc1Cl. The lowest BCUT2D eigenvalue weighted by molar-refractivity contribution is -0.141. The van der Waals surface area contributed by atoms with Gasteiger partial charge in [0.05, 0.1) is 5.56 Å².